The third-order valence-electron chi connectivity index (χ3n) is 3.85. The molecule has 2 heterocycles. The summed E-state index contributed by atoms with van der Waals surface area (Å²) in [6.07, 6.45) is 3.21. The Bertz CT molecular complexity index is 1070. The van der Waals surface area contributed by atoms with E-state index in [-0.39, 0.29) is 22.4 Å². The van der Waals surface area contributed by atoms with E-state index >= 15 is 0 Å². The van der Waals surface area contributed by atoms with Gasteiger partial charge in [-0.15, -0.1) is 11.3 Å². The van der Waals surface area contributed by atoms with Crippen LogP contribution in [0.5, 0.6) is 0 Å². The fourth-order valence-electron chi connectivity index (χ4n) is 2.38. The molecule has 1 amide bonds. The van der Waals surface area contributed by atoms with Crippen molar-refractivity contribution in [2.45, 2.75) is 11.4 Å². The average Bonchev–Trinajstić information content (AvgIpc) is 3.21. The molecule has 0 saturated carbocycles. The molecule has 27 heavy (non-hydrogen) atoms. The van der Waals surface area contributed by atoms with E-state index in [1.807, 2.05) is 17.5 Å². The number of aromatic nitrogens is 1. The smallest absolute Gasteiger partial charge is 0.253 e. The van der Waals surface area contributed by atoms with Crippen LogP contribution in [-0.4, -0.2) is 26.4 Å². The highest BCUT2D eigenvalue weighted by molar-refractivity contribution is 7.89. The van der Waals surface area contributed by atoms with Crippen LogP contribution in [0.1, 0.15) is 15.9 Å². The largest absolute Gasteiger partial charge is 0.348 e. The topological polar surface area (TPSA) is 88.2 Å². The number of pyridine rings is 1. The normalized spacial score (nSPS) is 11.3. The van der Waals surface area contributed by atoms with Gasteiger partial charge in [0.05, 0.1) is 10.5 Å². The molecule has 0 aliphatic heterocycles. The van der Waals surface area contributed by atoms with Gasteiger partial charge in [-0.25, -0.2) is 13.1 Å². The lowest BCUT2D eigenvalue weighted by Crippen LogP contribution is -2.23. The first-order chi connectivity index (χ1) is 12.9. The highest BCUT2D eigenvalue weighted by Crippen LogP contribution is 2.24. The fourth-order valence-corrected chi connectivity index (χ4v) is 4.15. The maximum absolute atomic E-state index is 12.4. The van der Waals surface area contributed by atoms with Crippen LogP contribution in [0.2, 0.25) is 5.02 Å². The van der Waals surface area contributed by atoms with Crippen molar-refractivity contribution in [2.75, 3.05) is 7.05 Å². The van der Waals surface area contributed by atoms with Gasteiger partial charge < -0.3 is 5.32 Å². The van der Waals surface area contributed by atoms with Crippen LogP contribution in [0.15, 0.2) is 59.1 Å². The molecule has 0 spiro atoms. The Hall–Kier alpha value is -2.26. The van der Waals surface area contributed by atoms with E-state index in [4.69, 9.17) is 11.6 Å². The Morgan fingerprint density at radius 2 is 2.04 bits per heavy atom. The molecular weight excluding hydrogens is 406 g/mol. The molecule has 9 heteroatoms. The molecule has 0 bridgehead atoms. The van der Waals surface area contributed by atoms with Crippen LogP contribution in [0, 0.1) is 0 Å². The lowest BCUT2D eigenvalue weighted by atomic mass is 10.1. The number of amides is 1. The minimum absolute atomic E-state index is 0.0675. The zero-order chi connectivity index (χ0) is 19.4. The predicted octanol–water partition coefficient (Wildman–Crippen LogP) is 3.30. The van der Waals surface area contributed by atoms with Gasteiger partial charge in [-0.05, 0) is 42.3 Å². The first kappa shape index (κ1) is 19.5. The lowest BCUT2D eigenvalue weighted by Gasteiger charge is -2.09. The summed E-state index contributed by atoms with van der Waals surface area (Å²) < 4.78 is 25.8. The molecule has 1 aromatic carbocycles. The zero-order valence-electron chi connectivity index (χ0n) is 14.3. The lowest BCUT2D eigenvalue weighted by molar-refractivity contribution is 0.0950. The SMILES string of the molecule is CNS(=O)(=O)c1ccc(CNC(=O)c2cncc(-c3cccs3)c2)c(Cl)c1. The number of hydrogen-bond donors (Lipinski definition) is 2. The maximum Gasteiger partial charge on any atom is 0.253 e. The molecule has 0 aliphatic rings. The molecule has 0 saturated heterocycles. The number of sulfonamides is 1. The molecule has 3 rings (SSSR count). The van der Waals surface area contributed by atoms with Gasteiger partial charge in [0.25, 0.3) is 5.91 Å². The van der Waals surface area contributed by atoms with E-state index < -0.39 is 10.0 Å². The van der Waals surface area contributed by atoms with Gasteiger partial charge in [0, 0.05) is 34.4 Å². The molecule has 0 fully saturated rings. The molecule has 0 unspecified atom stereocenters. The van der Waals surface area contributed by atoms with Gasteiger partial charge >= 0.3 is 0 Å². The Kier molecular flexibility index (Phi) is 5.91. The van der Waals surface area contributed by atoms with Crippen LogP contribution in [-0.2, 0) is 16.6 Å². The summed E-state index contributed by atoms with van der Waals surface area (Å²) in [6.45, 7) is 0.167. The van der Waals surface area contributed by atoms with E-state index in [2.05, 4.69) is 15.0 Å². The summed E-state index contributed by atoms with van der Waals surface area (Å²) in [5, 5.41) is 5.00. The van der Waals surface area contributed by atoms with Crippen LogP contribution in [0.3, 0.4) is 0 Å². The van der Waals surface area contributed by atoms with Gasteiger partial charge in [-0.3, -0.25) is 9.78 Å². The highest BCUT2D eigenvalue weighted by Gasteiger charge is 2.14. The van der Waals surface area contributed by atoms with Crippen molar-refractivity contribution in [1.29, 1.82) is 0 Å². The molecule has 0 atom stereocenters. The summed E-state index contributed by atoms with van der Waals surface area (Å²) >= 11 is 7.73. The highest BCUT2D eigenvalue weighted by atomic mass is 35.5. The molecule has 0 aliphatic carbocycles. The van der Waals surface area contributed by atoms with Gasteiger partial charge in [0.1, 0.15) is 0 Å². The van der Waals surface area contributed by atoms with Crippen LogP contribution < -0.4 is 10.0 Å². The second-order valence-corrected chi connectivity index (χ2v) is 8.82. The zero-order valence-corrected chi connectivity index (χ0v) is 16.7. The van der Waals surface area contributed by atoms with Gasteiger partial charge in [-0.2, -0.15) is 0 Å². The average molecular weight is 422 g/mol. The van der Waals surface area contributed by atoms with Crippen molar-refractivity contribution < 1.29 is 13.2 Å². The van der Waals surface area contributed by atoms with Gasteiger partial charge in [-0.1, -0.05) is 23.7 Å². The molecule has 6 nitrogen and oxygen atoms in total. The third kappa shape index (κ3) is 4.54. The minimum Gasteiger partial charge on any atom is -0.348 e. The number of halogens is 1. The molecule has 2 N–H and O–H groups in total. The standard InChI is InChI=1S/C18H16ClN3O3S2/c1-20-27(24,25)15-5-4-12(16(19)8-15)11-22-18(23)14-7-13(9-21-10-14)17-3-2-6-26-17/h2-10,20H,11H2,1H3,(H,22,23). The molecular formula is C18H16ClN3O3S2. The Balaban J connectivity index is 1.72. The third-order valence-corrected chi connectivity index (χ3v) is 6.53. The van der Waals surface area contributed by atoms with Crippen molar-refractivity contribution >= 4 is 38.9 Å². The Labute approximate surface area is 166 Å². The second kappa shape index (κ2) is 8.18. The van der Waals surface area contributed by atoms with E-state index in [0.29, 0.717) is 11.1 Å². The molecule has 2 aromatic heterocycles. The molecule has 0 radical (unpaired) electrons. The minimum atomic E-state index is -3.57. The van der Waals surface area contributed by atoms with Crippen molar-refractivity contribution in [3.63, 3.8) is 0 Å². The number of nitrogens with one attached hydrogen (secondary N) is 2. The quantitative estimate of drug-likeness (QED) is 0.639. The fraction of sp³-hybridized carbons (Fsp3) is 0.111. The van der Waals surface area contributed by atoms with Crippen LogP contribution in [0.25, 0.3) is 10.4 Å². The van der Waals surface area contributed by atoms with Crippen LogP contribution in [0.4, 0.5) is 0 Å². The number of rotatable bonds is 6. The maximum atomic E-state index is 12.4. The Morgan fingerprint density at radius 3 is 2.70 bits per heavy atom. The van der Waals surface area contributed by atoms with E-state index in [1.165, 1.54) is 25.4 Å². The molecule has 140 valence electrons. The summed E-state index contributed by atoms with van der Waals surface area (Å²) in [6, 6.07) is 10.0. The Morgan fingerprint density at radius 1 is 1.22 bits per heavy atom. The summed E-state index contributed by atoms with van der Waals surface area (Å²) in [5.74, 6) is -0.288. The monoisotopic (exact) mass is 421 g/mol. The summed E-state index contributed by atoms with van der Waals surface area (Å²) in [5.41, 5.74) is 1.92. The summed E-state index contributed by atoms with van der Waals surface area (Å²) in [7, 11) is -2.24. The van der Waals surface area contributed by atoms with Crippen molar-refractivity contribution in [1.82, 2.24) is 15.0 Å². The van der Waals surface area contributed by atoms with Crippen molar-refractivity contribution in [3.05, 3.63) is 70.3 Å². The summed E-state index contributed by atoms with van der Waals surface area (Å²) in [4.78, 5) is 17.7. The number of benzene rings is 1. The number of carbonyl (C=O) groups excluding carboxylic acids is 1. The van der Waals surface area contributed by atoms with Gasteiger partial charge in [0.15, 0.2) is 0 Å². The van der Waals surface area contributed by atoms with E-state index in [9.17, 15) is 13.2 Å². The second-order valence-electron chi connectivity index (χ2n) is 5.58. The number of carbonyl (C=O) groups is 1. The van der Waals surface area contributed by atoms with Crippen molar-refractivity contribution in [2.24, 2.45) is 0 Å². The predicted molar refractivity (Wildman–Crippen MR) is 106 cm³/mol. The van der Waals surface area contributed by atoms with E-state index in [0.717, 1.165) is 10.4 Å². The number of hydrogen-bond acceptors (Lipinski definition) is 5. The first-order valence-corrected chi connectivity index (χ1v) is 10.6. The van der Waals surface area contributed by atoms with Crippen molar-refractivity contribution in [3.8, 4) is 10.4 Å². The van der Waals surface area contributed by atoms with E-state index in [1.54, 1.807) is 29.7 Å². The van der Waals surface area contributed by atoms with Crippen LogP contribution >= 0.6 is 22.9 Å². The number of nitrogens with zero attached hydrogens (tertiary/aromatic N) is 1. The number of thiophene rings is 1. The van der Waals surface area contributed by atoms with Gasteiger partial charge in [0.2, 0.25) is 10.0 Å². The first-order valence-electron chi connectivity index (χ1n) is 7.90. The molecule has 3 aromatic rings.